The van der Waals surface area contributed by atoms with E-state index in [1.54, 1.807) is 0 Å². The van der Waals surface area contributed by atoms with Gasteiger partial charge in [-0.15, -0.1) is 0 Å². The predicted octanol–water partition coefficient (Wildman–Crippen LogP) is 0.604. The lowest BCUT2D eigenvalue weighted by Crippen LogP contribution is -2.45. The first-order valence-corrected chi connectivity index (χ1v) is 5.96. The second kappa shape index (κ2) is 5.41. The van der Waals surface area contributed by atoms with Crippen molar-refractivity contribution in [3.8, 4) is 0 Å². The summed E-state index contributed by atoms with van der Waals surface area (Å²) in [4.78, 5) is 6.68. The van der Waals surface area contributed by atoms with E-state index in [9.17, 15) is 0 Å². The SMILES string of the molecule is CNC1CCCN(CCc2noc(C)n2)C1. The third-order valence-electron chi connectivity index (χ3n) is 3.14. The van der Waals surface area contributed by atoms with Crippen molar-refractivity contribution in [2.24, 2.45) is 0 Å². The number of piperidine rings is 1. The fourth-order valence-corrected chi connectivity index (χ4v) is 2.20. The second-order valence-corrected chi connectivity index (χ2v) is 4.41. The smallest absolute Gasteiger partial charge is 0.223 e. The first-order chi connectivity index (χ1) is 7.78. The molecular formula is C11H20N4O. The molecule has 0 amide bonds. The van der Waals surface area contributed by atoms with Gasteiger partial charge in [0.15, 0.2) is 5.82 Å². The number of likely N-dealkylation sites (tertiary alicyclic amines) is 1. The minimum Gasteiger partial charge on any atom is -0.340 e. The zero-order valence-corrected chi connectivity index (χ0v) is 10.1. The van der Waals surface area contributed by atoms with Gasteiger partial charge < -0.3 is 14.7 Å². The first-order valence-electron chi connectivity index (χ1n) is 5.96. The van der Waals surface area contributed by atoms with Crippen LogP contribution in [-0.2, 0) is 6.42 Å². The summed E-state index contributed by atoms with van der Waals surface area (Å²) in [5.74, 6) is 1.48. The fourth-order valence-electron chi connectivity index (χ4n) is 2.20. The molecule has 0 radical (unpaired) electrons. The van der Waals surface area contributed by atoms with Crippen LogP contribution in [0.15, 0.2) is 4.52 Å². The standard InChI is InChI=1S/C11H20N4O/c1-9-13-11(14-16-9)5-7-15-6-3-4-10(8-15)12-2/h10,12H,3-8H2,1-2H3. The second-order valence-electron chi connectivity index (χ2n) is 4.41. The van der Waals surface area contributed by atoms with Gasteiger partial charge in [-0.25, -0.2) is 0 Å². The van der Waals surface area contributed by atoms with Crippen molar-refractivity contribution in [1.29, 1.82) is 0 Å². The Morgan fingerprint density at radius 1 is 1.56 bits per heavy atom. The highest BCUT2D eigenvalue weighted by atomic mass is 16.5. The number of nitrogens with one attached hydrogen (secondary N) is 1. The van der Waals surface area contributed by atoms with Crippen LogP contribution >= 0.6 is 0 Å². The molecular weight excluding hydrogens is 204 g/mol. The zero-order valence-electron chi connectivity index (χ0n) is 10.1. The highest BCUT2D eigenvalue weighted by Crippen LogP contribution is 2.10. The number of nitrogens with zero attached hydrogens (tertiary/aromatic N) is 3. The van der Waals surface area contributed by atoms with Gasteiger partial charge in [0.05, 0.1) is 0 Å². The van der Waals surface area contributed by atoms with Gasteiger partial charge in [-0.1, -0.05) is 5.16 Å². The van der Waals surface area contributed by atoms with E-state index in [0.717, 1.165) is 25.3 Å². The summed E-state index contributed by atoms with van der Waals surface area (Å²) in [5, 5.41) is 7.26. The van der Waals surface area contributed by atoms with Gasteiger partial charge in [-0.3, -0.25) is 0 Å². The van der Waals surface area contributed by atoms with E-state index in [-0.39, 0.29) is 0 Å². The molecule has 0 saturated carbocycles. The number of rotatable bonds is 4. The number of hydrogen-bond acceptors (Lipinski definition) is 5. The summed E-state index contributed by atoms with van der Waals surface area (Å²) in [5.41, 5.74) is 0. The molecule has 1 atom stereocenters. The highest BCUT2D eigenvalue weighted by Gasteiger charge is 2.18. The molecule has 1 N–H and O–H groups in total. The molecule has 2 rings (SSSR count). The molecule has 16 heavy (non-hydrogen) atoms. The number of aromatic nitrogens is 2. The molecule has 5 nitrogen and oxygen atoms in total. The van der Waals surface area contributed by atoms with E-state index >= 15 is 0 Å². The Morgan fingerprint density at radius 2 is 2.44 bits per heavy atom. The van der Waals surface area contributed by atoms with Crippen LogP contribution in [0.5, 0.6) is 0 Å². The Bertz CT molecular complexity index is 326. The van der Waals surface area contributed by atoms with Crippen LogP contribution in [-0.4, -0.2) is 47.8 Å². The van der Waals surface area contributed by atoms with Crippen molar-refractivity contribution in [3.05, 3.63) is 11.7 Å². The van der Waals surface area contributed by atoms with Crippen molar-refractivity contribution in [2.75, 3.05) is 26.7 Å². The molecule has 1 unspecified atom stereocenters. The Kier molecular flexibility index (Phi) is 3.90. The molecule has 0 aromatic carbocycles. The van der Waals surface area contributed by atoms with Crippen molar-refractivity contribution in [3.63, 3.8) is 0 Å². The molecule has 1 fully saturated rings. The Morgan fingerprint density at radius 3 is 3.12 bits per heavy atom. The summed E-state index contributed by atoms with van der Waals surface area (Å²) in [7, 11) is 2.04. The van der Waals surface area contributed by atoms with E-state index in [4.69, 9.17) is 4.52 Å². The van der Waals surface area contributed by atoms with Crippen LogP contribution in [0.1, 0.15) is 24.6 Å². The average Bonchev–Trinajstić information content (AvgIpc) is 2.73. The van der Waals surface area contributed by atoms with Crippen LogP contribution < -0.4 is 5.32 Å². The molecule has 1 aliphatic rings. The molecule has 2 heterocycles. The topological polar surface area (TPSA) is 54.2 Å². The minimum absolute atomic E-state index is 0.640. The van der Waals surface area contributed by atoms with Gasteiger partial charge in [0.2, 0.25) is 5.89 Å². The van der Waals surface area contributed by atoms with Gasteiger partial charge in [0.25, 0.3) is 0 Å². The van der Waals surface area contributed by atoms with Crippen LogP contribution in [0.3, 0.4) is 0 Å². The van der Waals surface area contributed by atoms with Crippen LogP contribution in [0.25, 0.3) is 0 Å². The van der Waals surface area contributed by atoms with Crippen molar-refractivity contribution in [1.82, 2.24) is 20.4 Å². The lowest BCUT2D eigenvalue weighted by molar-refractivity contribution is 0.196. The number of hydrogen-bond donors (Lipinski definition) is 1. The Balaban J connectivity index is 1.77. The largest absolute Gasteiger partial charge is 0.340 e. The first kappa shape index (κ1) is 11.5. The van der Waals surface area contributed by atoms with Crippen LogP contribution in [0.4, 0.5) is 0 Å². The summed E-state index contributed by atoms with van der Waals surface area (Å²) in [6, 6.07) is 0.640. The van der Waals surface area contributed by atoms with E-state index in [0.29, 0.717) is 11.9 Å². The quantitative estimate of drug-likeness (QED) is 0.812. The van der Waals surface area contributed by atoms with E-state index in [1.165, 1.54) is 19.4 Å². The Hall–Kier alpha value is -0.940. The fraction of sp³-hybridized carbons (Fsp3) is 0.818. The lowest BCUT2D eigenvalue weighted by Gasteiger charge is -2.32. The van der Waals surface area contributed by atoms with Gasteiger partial charge in [0.1, 0.15) is 0 Å². The summed E-state index contributed by atoms with van der Waals surface area (Å²) in [6.45, 7) is 5.17. The molecule has 1 saturated heterocycles. The number of aryl methyl sites for hydroxylation is 1. The van der Waals surface area contributed by atoms with Gasteiger partial charge >= 0.3 is 0 Å². The maximum absolute atomic E-state index is 4.95. The zero-order chi connectivity index (χ0) is 11.4. The monoisotopic (exact) mass is 224 g/mol. The summed E-state index contributed by atoms with van der Waals surface area (Å²) < 4.78 is 4.95. The normalized spacial score (nSPS) is 22.5. The lowest BCUT2D eigenvalue weighted by atomic mass is 10.1. The molecule has 90 valence electrons. The van der Waals surface area contributed by atoms with E-state index in [1.807, 2.05) is 14.0 Å². The molecule has 1 aromatic heterocycles. The van der Waals surface area contributed by atoms with Gasteiger partial charge in [0, 0.05) is 32.5 Å². The van der Waals surface area contributed by atoms with Gasteiger partial charge in [-0.05, 0) is 26.4 Å². The molecule has 0 aliphatic carbocycles. The third kappa shape index (κ3) is 3.02. The average molecular weight is 224 g/mol. The summed E-state index contributed by atoms with van der Waals surface area (Å²) >= 11 is 0. The van der Waals surface area contributed by atoms with E-state index < -0.39 is 0 Å². The van der Waals surface area contributed by atoms with E-state index in [2.05, 4.69) is 20.4 Å². The maximum atomic E-state index is 4.95. The number of likely N-dealkylation sites (N-methyl/N-ethyl adjacent to an activating group) is 1. The molecule has 5 heteroatoms. The van der Waals surface area contributed by atoms with Crippen LogP contribution in [0.2, 0.25) is 0 Å². The van der Waals surface area contributed by atoms with Crippen molar-refractivity contribution >= 4 is 0 Å². The Labute approximate surface area is 96.2 Å². The maximum Gasteiger partial charge on any atom is 0.223 e. The molecule has 0 bridgehead atoms. The van der Waals surface area contributed by atoms with Crippen molar-refractivity contribution in [2.45, 2.75) is 32.2 Å². The van der Waals surface area contributed by atoms with Crippen LogP contribution in [0, 0.1) is 6.92 Å². The molecule has 0 spiro atoms. The van der Waals surface area contributed by atoms with Crippen molar-refractivity contribution < 1.29 is 4.52 Å². The summed E-state index contributed by atoms with van der Waals surface area (Å²) in [6.07, 6.45) is 3.44. The third-order valence-corrected chi connectivity index (χ3v) is 3.14. The highest BCUT2D eigenvalue weighted by molar-refractivity contribution is 4.86. The molecule has 1 aromatic rings. The molecule has 1 aliphatic heterocycles. The van der Waals surface area contributed by atoms with Gasteiger partial charge in [-0.2, -0.15) is 4.98 Å². The predicted molar refractivity (Wildman–Crippen MR) is 61.3 cm³/mol. The minimum atomic E-state index is 0.640.